The van der Waals surface area contributed by atoms with Crippen molar-refractivity contribution < 1.29 is 18.0 Å². The molecule has 0 saturated heterocycles. The summed E-state index contributed by atoms with van der Waals surface area (Å²) >= 11 is 6.44. The number of hydrogen-bond donors (Lipinski definition) is 1. The van der Waals surface area contributed by atoms with Crippen LogP contribution in [0.25, 0.3) is 0 Å². The van der Waals surface area contributed by atoms with Crippen LogP contribution in [0.3, 0.4) is 0 Å². The average molecular weight is 570 g/mol. The third-order valence-corrected chi connectivity index (χ3v) is 8.37. The number of carbonyl (C=O) groups excluding carboxylic acids is 2. The average Bonchev–Trinajstić information content (AvgIpc) is 2.86. The second-order valence-electron chi connectivity index (χ2n) is 10.6. The second kappa shape index (κ2) is 12.2. The molecular formula is C30H36ClN3O4S. The molecule has 208 valence electrons. The number of para-hydroxylation sites is 1. The summed E-state index contributed by atoms with van der Waals surface area (Å²) in [6, 6.07) is 19.6. The van der Waals surface area contributed by atoms with Gasteiger partial charge in [0.2, 0.25) is 11.8 Å². The fourth-order valence-corrected chi connectivity index (χ4v) is 5.75. The molecular weight excluding hydrogens is 534 g/mol. The van der Waals surface area contributed by atoms with E-state index in [0.717, 1.165) is 21.0 Å². The van der Waals surface area contributed by atoms with Gasteiger partial charge in [-0.15, -0.1) is 0 Å². The van der Waals surface area contributed by atoms with Gasteiger partial charge in [0.25, 0.3) is 10.0 Å². The highest BCUT2D eigenvalue weighted by Crippen LogP contribution is 2.31. The number of amides is 2. The maximum Gasteiger partial charge on any atom is 0.264 e. The molecule has 2 amide bonds. The van der Waals surface area contributed by atoms with E-state index in [1.165, 1.54) is 17.0 Å². The molecule has 39 heavy (non-hydrogen) atoms. The van der Waals surface area contributed by atoms with Crippen LogP contribution < -0.4 is 9.62 Å². The van der Waals surface area contributed by atoms with E-state index in [9.17, 15) is 18.0 Å². The molecule has 1 atom stereocenters. The zero-order chi connectivity index (χ0) is 29.0. The van der Waals surface area contributed by atoms with Crippen molar-refractivity contribution in [2.45, 2.75) is 64.6 Å². The van der Waals surface area contributed by atoms with E-state index in [1.807, 2.05) is 58.9 Å². The van der Waals surface area contributed by atoms with Crippen LogP contribution in [0, 0.1) is 13.8 Å². The first kappa shape index (κ1) is 30.2. The molecule has 0 radical (unpaired) electrons. The topological polar surface area (TPSA) is 86.8 Å². The van der Waals surface area contributed by atoms with Crippen molar-refractivity contribution in [2.24, 2.45) is 0 Å². The maximum atomic E-state index is 14.0. The zero-order valence-corrected chi connectivity index (χ0v) is 24.8. The van der Waals surface area contributed by atoms with Crippen molar-refractivity contribution >= 4 is 39.1 Å². The number of anilines is 1. The van der Waals surface area contributed by atoms with E-state index < -0.39 is 34.1 Å². The minimum Gasteiger partial charge on any atom is -0.350 e. The van der Waals surface area contributed by atoms with Gasteiger partial charge in [0.15, 0.2) is 0 Å². The Kier molecular flexibility index (Phi) is 9.46. The summed E-state index contributed by atoms with van der Waals surface area (Å²) in [6.07, 6.45) is 0. The van der Waals surface area contributed by atoms with Gasteiger partial charge in [-0.1, -0.05) is 65.7 Å². The Morgan fingerprint density at radius 2 is 1.51 bits per heavy atom. The summed E-state index contributed by atoms with van der Waals surface area (Å²) in [5.41, 5.74) is 2.37. The fourth-order valence-electron chi connectivity index (χ4n) is 4.03. The quantitative estimate of drug-likeness (QED) is 0.369. The summed E-state index contributed by atoms with van der Waals surface area (Å²) in [7, 11) is -4.18. The smallest absolute Gasteiger partial charge is 0.264 e. The van der Waals surface area contributed by atoms with Crippen LogP contribution in [-0.2, 0) is 26.2 Å². The van der Waals surface area contributed by atoms with Gasteiger partial charge < -0.3 is 10.2 Å². The van der Waals surface area contributed by atoms with Crippen LogP contribution in [0.15, 0.2) is 77.7 Å². The summed E-state index contributed by atoms with van der Waals surface area (Å²) < 4.78 is 28.8. The second-order valence-corrected chi connectivity index (χ2v) is 12.9. The van der Waals surface area contributed by atoms with E-state index >= 15 is 0 Å². The first-order chi connectivity index (χ1) is 18.2. The molecule has 0 aromatic heterocycles. The van der Waals surface area contributed by atoms with Gasteiger partial charge in [0.1, 0.15) is 12.6 Å². The molecule has 0 saturated carbocycles. The van der Waals surface area contributed by atoms with Crippen LogP contribution >= 0.6 is 11.6 Å². The van der Waals surface area contributed by atoms with Gasteiger partial charge >= 0.3 is 0 Å². The van der Waals surface area contributed by atoms with Gasteiger partial charge in [-0.2, -0.15) is 0 Å². The fraction of sp³-hybridized carbons (Fsp3) is 0.333. The molecule has 3 rings (SSSR count). The number of carbonyl (C=O) groups is 2. The number of rotatable bonds is 9. The highest BCUT2D eigenvalue weighted by atomic mass is 35.5. The van der Waals surface area contributed by atoms with E-state index in [-0.39, 0.29) is 28.1 Å². The number of nitrogens with zero attached hydrogens (tertiary/aromatic N) is 2. The molecule has 0 spiro atoms. The first-order valence-electron chi connectivity index (χ1n) is 12.7. The lowest BCUT2D eigenvalue weighted by atomic mass is 10.1. The monoisotopic (exact) mass is 569 g/mol. The van der Waals surface area contributed by atoms with Crippen LogP contribution in [-0.4, -0.2) is 43.3 Å². The normalized spacial score (nSPS) is 12.5. The molecule has 9 heteroatoms. The molecule has 7 nitrogen and oxygen atoms in total. The SMILES string of the molecule is Cc1ccc(S(=O)(=O)N(CC(=O)N(Cc2ccccc2C)[C@@H](C)C(=O)NC(C)(C)C)c2ccccc2Cl)cc1. The van der Waals surface area contributed by atoms with E-state index in [4.69, 9.17) is 11.6 Å². The lowest BCUT2D eigenvalue weighted by molar-refractivity contribution is -0.140. The standard InChI is InChI=1S/C30H36ClN3O4S/c1-21-15-17-25(18-16-21)39(37,38)34(27-14-10-9-13-26(27)31)20-28(35)33(19-24-12-8-7-11-22(24)2)23(3)29(36)32-30(4,5)6/h7-18,23H,19-20H2,1-6H3,(H,32,36)/t23-/m0/s1. The number of benzene rings is 3. The summed E-state index contributed by atoms with van der Waals surface area (Å²) in [5.74, 6) is -0.875. The predicted molar refractivity (Wildman–Crippen MR) is 156 cm³/mol. The number of aryl methyl sites for hydroxylation is 2. The van der Waals surface area contributed by atoms with Gasteiger partial charge in [0.05, 0.1) is 15.6 Å². The highest BCUT2D eigenvalue weighted by Gasteiger charge is 2.34. The highest BCUT2D eigenvalue weighted by molar-refractivity contribution is 7.92. The minimum atomic E-state index is -4.18. The molecule has 0 aliphatic heterocycles. The van der Waals surface area contributed by atoms with Crippen molar-refractivity contribution in [3.05, 3.63) is 94.5 Å². The third-order valence-electron chi connectivity index (χ3n) is 6.28. The maximum absolute atomic E-state index is 14.0. The van der Waals surface area contributed by atoms with Gasteiger partial charge in [0, 0.05) is 12.1 Å². The number of nitrogens with one attached hydrogen (secondary N) is 1. The molecule has 0 aliphatic rings. The van der Waals surface area contributed by atoms with E-state index in [2.05, 4.69) is 5.32 Å². The summed E-state index contributed by atoms with van der Waals surface area (Å²) in [5, 5.41) is 3.11. The van der Waals surface area contributed by atoms with Crippen LogP contribution in [0.1, 0.15) is 44.4 Å². The van der Waals surface area contributed by atoms with E-state index in [0.29, 0.717) is 0 Å². The van der Waals surface area contributed by atoms with Crippen molar-refractivity contribution in [1.29, 1.82) is 0 Å². The molecule has 0 fully saturated rings. The Labute approximate surface area is 236 Å². The summed E-state index contributed by atoms with van der Waals surface area (Å²) in [6.45, 7) is 10.6. The Hall–Kier alpha value is -3.36. The third kappa shape index (κ3) is 7.61. The zero-order valence-electron chi connectivity index (χ0n) is 23.2. The molecule has 1 N–H and O–H groups in total. The van der Waals surface area contributed by atoms with E-state index in [1.54, 1.807) is 43.3 Å². The minimum absolute atomic E-state index is 0.0322. The molecule has 0 aliphatic carbocycles. The Morgan fingerprint density at radius 3 is 2.10 bits per heavy atom. The predicted octanol–water partition coefficient (Wildman–Crippen LogP) is 5.48. The molecule has 0 bridgehead atoms. The van der Waals surface area contributed by atoms with Crippen molar-refractivity contribution in [1.82, 2.24) is 10.2 Å². The molecule has 3 aromatic carbocycles. The van der Waals surface area contributed by atoms with Crippen LogP contribution in [0.2, 0.25) is 5.02 Å². The Morgan fingerprint density at radius 1 is 0.923 bits per heavy atom. The lowest BCUT2D eigenvalue weighted by Crippen LogP contribution is -2.54. The van der Waals surface area contributed by atoms with Crippen molar-refractivity contribution in [2.75, 3.05) is 10.8 Å². The molecule has 0 heterocycles. The van der Waals surface area contributed by atoms with Crippen LogP contribution in [0.5, 0.6) is 0 Å². The lowest BCUT2D eigenvalue weighted by Gasteiger charge is -2.34. The number of sulfonamides is 1. The summed E-state index contributed by atoms with van der Waals surface area (Å²) in [4.78, 5) is 28.6. The van der Waals surface area contributed by atoms with Gasteiger partial charge in [-0.3, -0.25) is 13.9 Å². The van der Waals surface area contributed by atoms with Crippen molar-refractivity contribution in [3.8, 4) is 0 Å². The van der Waals surface area contributed by atoms with Gasteiger partial charge in [-0.25, -0.2) is 8.42 Å². The Bertz CT molecular complexity index is 1430. The van der Waals surface area contributed by atoms with Gasteiger partial charge in [-0.05, 0) is 76.9 Å². The van der Waals surface area contributed by atoms with Crippen molar-refractivity contribution in [3.63, 3.8) is 0 Å². The Balaban J connectivity index is 2.06. The largest absolute Gasteiger partial charge is 0.350 e. The number of hydrogen-bond acceptors (Lipinski definition) is 4. The molecule has 3 aromatic rings. The van der Waals surface area contributed by atoms with Crippen LogP contribution in [0.4, 0.5) is 5.69 Å². The molecule has 0 unspecified atom stereocenters. The number of halogens is 1. The first-order valence-corrected chi connectivity index (χ1v) is 14.5.